The van der Waals surface area contributed by atoms with E-state index in [9.17, 15) is 13.2 Å². The van der Waals surface area contributed by atoms with Crippen LogP contribution in [0, 0.1) is 5.41 Å². The predicted octanol–water partition coefficient (Wildman–Crippen LogP) is 10.4. The fraction of sp³-hybridized carbons (Fsp3) is 0.353. The van der Waals surface area contributed by atoms with Gasteiger partial charge >= 0.3 is 6.18 Å². The second-order valence-corrected chi connectivity index (χ2v) is 12.5. The molecule has 0 unspecified atom stereocenters. The number of halogens is 5. The van der Waals surface area contributed by atoms with Crippen molar-refractivity contribution in [3.8, 4) is 28.1 Å². The van der Waals surface area contributed by atoms with Crippen LogP contribution in [0.5, 0.6) is 5.75 Å². The molecule has 0 spiro atoms. The Bertz CT molecular complexity index is 1610. The molecule has 0 saturated carbocycles. The smallest absolute Gasteiger partial charge is 0.394 e. The molecule has 0 amide bonds. The Labute approximate surface area is 264 Å². The number of benzene rings is 2. The number of ether oxygens (including phenoxy) is 1. The second-order valence-electron chi connectivity index (χ2n) is 11.7. The largest absolute Gasteiger partial charge is 0.494 e. The topological polar surface area (TPSA) is 59.1 Å². The molecule has 238 valence electrons. The van der Waals surface area contributed by atoms with Crippen molar-refractivity contribution in [3.63, 3.8) is 0 Å². The van der Waals surface area contributed by atoms with Crippen LogP contribution in [0.3, 0.4) is 0 Å². The highest BCUT2D eigenvalue weighted by Gasteiger charge is 2.46. The summed E-state index contributed by atoms with van der Waals surface area (Å²) < 4.78 is 80.6. The minimum atomic E-state index is -4.35. The number of rotatable bonds is 5. The van der Waals surface area contributed by atoms with Crippen molar-refractivity contribution in [1.29, 1.82) is 0 Å². The SMILES string of the molecule is CC(C)(CCOc1cccc(-c2ccc3nc2-c2ccccc2C(F)(F)CCCCCNc2cccc(n2)SN3)c1)C(F)(F)F. The lowest BCUT2D eigenvalue weighted by atomic mass is 9.89. The zero-order valence-corrected chi connectivity index (χ0v) is 25.9. The molecule has 4 aromatic rings. The number of anilines is 2. The molecule has 0 atom stereocenters. The lowest BCUT2D eigenvalue weighted by Gasteiger charge is -2.27. The average Bonchev–Trinajstić information content (AvgIpc) is 3.01. The van der Waals surface area contributed by atoms with Crippen LogP contribution in [0.4, 0.5) is 33.6 Å². The number of aromatic nitrogens is 2. The summed E-state index contributed by atoms with van der Waals surface area (Å²) in [6.07, 6.45) is -3.17. The van der Waals surface area contributed by atoms with Gasteiger partial charge in [-0.3, -0.25) is 0 Å². The van der Waals surface area contributed by atoms with Crippen LogP contribution >= 0.6 is 11.9 Å². The molecule has 5 nitrogen and oxygen atoms in total. The van der Waals surface area contributed by atoms with Crippen molar-refractivity contribution < 1.29 is 26.7 Å². The molecule has 5 rings (SSSR count). The molecule has 2 aromatic heterocycles. The minimum absolute atomic E-state index is 0.110. The van der Waals surface area contributed by atoms with Crippen LogP contribution in [-0.2, 0) is 5.92 Å². The maximum absolute atomic E-state index is 15.8. The molecule has 0 fully saturated rings. The van der Waals surface area contributed by atoms with E-state index in [4.69, 9.17) is 9.72 Å². The second kappa shape index (κ2) is 13.6. The van der Waals surface area contributed by atoms with E-state index >= 15 is 8.78 Å². The molecule has 1 aliphatic rings. The third-order valence-electron chi connectivity index (χ3n) is 7.84. The van der Waals surface area contributed by atoms with Crippen LogP contribution in [0.1, 0.15) is 51.5 Å². The van der Waals surface area contributed by atoms with Crippen molar-refractivity contribution in [2.24, 2.45) is 5.41 Å². The number of hydrogen-bond acceptors (Lipinski definition) is 6. The molecule has 0 aliphatic carbocycles. The third kappa shape index (κ3) is 8.06. The van der Waals surface area contributed by atoms with E-state index in [0.29, 0.717) is 64.2 Å². The van der Waals surface area contributed by atoms with Crippen LogP contribution in [-0.4, -0.2) is 29.3 Å². The van der Waals surface area contributed by atoms with Gasteiger partial charge < -0.3 is 14.8 Å². The summed E-state index contributed by atoms with van der Waals surface area (Å²) in [6.45, 7) is 2.78. The van der Waals surface area contributed by atoms with Crippen molar-refractivity contribution in [3.05, 3.63) is 84.4 Å². The molecule has 1 aliphatic heterocycles. The van der Waals surface area contributed by atoms with Crippen LogP contribution in [0.15, 0.2) is 83.9 Å². The Morgan fingerprint density at radius 2 is 1.64 bits per heavy atom. The van der Waals surface area contributed by atoms with E-state index in [0.717, 1.165) is 20.3 Å². The summed E-state index contributed by atoms with van der Waals surface area (Å²) in [4.78, 5) is 9.43. The summed E-state index contributed by atoms with van der Waals surface area (Å²) >= 11 is 1.26. The van der Waals surface area contributed by atoms with Crippen LogP contribution < -0.4 is 14.8 Å². The summed E-state index contributed by atoms with van der Waals surface area (Å²) in [5.74, 6) is -1.57. The van der Waals surface area contributed by atoms with Crippen LogP contribution in [0.25, 0.3) is 22.4 Å². The summed E-state index contributed by atoms with van der Waals surface area (Å²) in [5.41, 5.74) is -0.149. The minimum Gasteiger partial charge on any atom is -0.494 e. The summed E-state index contributed by atoms with van der Waals surface area (Å²) in [6, 6.07) is 22.5. The molecule has 3 heterocycles. The van der Waals surface area contributed by atoms with E-state index in [-0.39, 0.29) is 25.0 Å². The summed E-state index contributed by atoms with van der Waals surface area (Å²) in [5, 5.41) is 3.97. The number of nitrogens with one attached hydrogen (secondary N) is 2. The number of fused-ring (bicyclic) bond motifs is 6. The first-order valence-corrected chi connectivity index (χ1v) is 15.7. The fourth-order valence-corrected chi connectivity index (χ4v) is 5.57. The van der Waals surface area contributed by atoms with Crippen molar-refractivity contribution in [1.82, 2.24) is 9.97 Å². The lowest BCUT2D eigenvalue weighted by molar-refractivity contribution is -0.215. The van der Waals surface area contributed by atoms with Gasteiger partial charge in [0.1, 0.15) is 22.4 Å². The molecule has 11 heteroatoms. The maximum Gasteiger partial charge on any atom is 0.394 e. The van der Waals surface area contributed by atoms with E-state index < -0.39 is 17.5 Å². The van der Waals surface area contributed by atoms with Crippen LogP contribution in [0.2, 0.25) is 0 Å². The number of alkyl halides is 5. The van der Waals surface area contributed by atoms with Gasteiger partial charge in [-0.15, -0.1) is 0 Å². The van der Waals surface area contributed by atoms with Gasteiger partial charge in [0.05, 0.1) is 17.7 Å². The van der Waals surface area contributed by atoms with Gasteiger partial charge in [-0.2, -0.15) is 13.2 Å². The molecule has 0 radical (unpaired) electrons. The first kappa shape index (κ1) is 32.5. The predicted molar refractivity (Wildman–Crippen MR) is 170 cm³/mol. The van der Waals surface area contributed by atoms with Crippen molar-refractivity contribution in [2.45, 2.75) is 63.1 Å². The first-order chi connectivity index (χ1) is 21.4. The van der Waals surface area contributed by atoms with Crippen molar-refractivity contribution >= 4 is 23.6 Å². The van der Waals surface area contributed by atoms with E-state index in [1.165, 1.54) is 18.0 Å². The highest BCUT2D eigenvalue weighted by molar-refractivity contribution is 8.00. The standard InChI is InChI=1S/C34H35F5N4OS/c1-32(2,34(37,38)39)19-21-44-24-11-8-10-23(22-24)25-16-17-29-42-31(25)26-12-4-5-13-27(26)33(35,36)18-6-3-7-20-40-28-14-9-15-30(41-28)45-43-29/h4-5,8-17,22H,3,6-7,18-21H2,1-2H3,(H,40,41)(H,42,43). The molecule has 2 N–H and O–H groups in total. The molecule has 2 aromatic carbocycles. The Morgan fingerprint density at radius 3 is 2.47 bits per heavy atom. The van der Waals surface area contributed by atoms with Gasteiger partial charge in [-0.25, -0.2) is 18.7 Å². The fourth-order valence-electron chi connectivity index (χ4n) is 4.96. The monoisotopic (exact) mass is 642 g/mol. The molecule has 0 saturated heterocycles. The third-order valence-corrected chi connectivity index (χ3v) is 8.58. The highest BCUT2D eigenvalue weighted by atomic mass is 32.2. The summed E-state index contributed by atoms with van der Waals surface area (Å²) in [7, 11) is 0. The van der Waals surface area contributed by atoms with E-state index in [1.54, 1.807) is 54.6 Å². The number of pyridine rings is 2. The molecule has 4 bridgehead atoms. The Balaban J connectivity index is 1.52. The molecular weight excluding hydrogens is 607 g/mol. The quantitative estimate of drug-likeness (QED) is 0.167. The lowest BCUT2D eigenvalue weighted by Crippen LogP contribution is -2.33. The Kier molecular flexibility index (Phi) is 9.86. The zero-order valence-electron chi connectivity index (χ0n) is 25.1. The number of nitrogens with zero attached hydrogens (tertiary/aromatic N) is 2. The average molecular weight is 643 g/mol. The molecule has 45 heavy (non-hydrogen) atoms. The Morgan fingerprint density at radius 1 is 0.844 bits per heavy atom. The molecular formula is C34H35F5N4OS. The number of hydrogen-bond donors (Lipinski definition) is 2. The highest BCUT2D eigenvalue weighted by Crippen LogP contribution is 2.43. The van der Waals surface area contributed by atoms with Gasteiger partial charge in [0, 0.05) is 41.6 Å². The van der Waals surface area contributed by atoms with Crippen molar-refractivity contribution in [2.75, 3.05) is 23.2 Å². The maximum atomic E-state index is 15.8. The first-order valence-electron chi connectivity index (χ1n) is 14.9. The van der Waals surface area contributed by atoms with E-state index in [1.807, 2.05) is 18.2 Å². The van der Waals surface area contributed by atoms with Gasteiger partial charge in [-0.05, 0) is 61.2 Å². The zero-order chi connectivity index (χ0) is 32.1. The van der Waals surface area contributed by atoms with Gasteiger partial charge in [0.25, 0.3) is 5.92 Å². The normalized spacial score (nSPS) is 15.6. The van der Waals surface area contributed by atoms with Gasteiger partial charge in [-0.1, -0.05) is 62.7 Å². The van der Waals surface area contributed by atoms with Gasteiger partial charge in [0.2, 0.25) is 0 Å². The Hall–Kier alpha value is -3.86. The van der Waals surface area contributed by atoms with Gasteiger partial charge in [0.15, 0.2) is 0 Å². The van der Waals surface area contributed by atoms with E-state index in [2.05, 4.69) is 15.0 Å².